The van der Waals surface area contributed by atoms with Gasteiger partial charge in [0, 0.05) is 12.1 Å². The van der Waals surface area contributed by atoms with Gasteiger partial charge in [-0.3, -0.25) is 4.79 Å². The van der Waals surface area contributed by atoms with Crippen molar-refractivity contribution in [3.8, 4) is 0 Å². The Morgan fingerprint density at radius 2 is 1.87 bits per heavy atom. The number of hydrogen-bond donors (Lipinski definition) is 0. The van der Waals surface area contributed by atoms with E-state index in [9.17, 15) is 4.79 Å². The molecule has 86 valence electrons. The van der Waals surface area contributed by atoms with E-state index < -0.39 is 0 Å². The molecule has 3 atom stereocenters. The quantitative estimate of drug-likeness (QED) is 0.651. The van der Waals surface area contributed by atoms with Gasteiger partial charge in [-0.05, 0) is 38.6 Å². The lowest BCUT2D eigenvalue weighted by molar-refractivity contribution is -0.147. The first-order valence-corrected chi connectivity index (χ1v) is 5.93. The van der Waals surface area contributed by atoms with E-state index in [-0.39, 0.29) is 11.9 Å². The number of methoxy groups -OCH3 is 1. The van der Waals surface area contributed by atoms with Gasteiger partial charge < -0.3 is 9.64 Å². The minimum Gasteiger partial charge on any atom is -0.469 e. The van der Waals surface area contributed by atoms with E-state index in [1.807, 2.05) is 6.92 Å². The van der Waals surface area contributed by atoms with Crippen molar-refractivity contribution in [3.05, 3.63) is 0 Å². The Balaban J connectivity index is 1.99. The second-order valence-electron chi connectivity index (χ2n) is 5.09. The van der Waals surface area contributed by atoms with Crippen molar-refractivity contribution in [3.63, 3.8) is 0 Å². The summed E-state index contributed by atoms with van der Waals surface area (Å²) < 4.78 is 4.83. The minimum absolute atomic E-state index is 0.0380. The van der Waals surface area contributed by atoms with Crippen molar-refractivity contribution in [1.29, 1.82) is 0 Å². The first kappa shape index (κ1) is 10.9. The smallest absolute Gasteiger partial charge is 0.308 e. The van der Waals surface area contributed by atoms with Crippen LogP contribution < -0.4 is 0 Å². The van der Waals surface area contributed by atoms with Gasteiger partial charge in [0.15, 0.2) is 0 Å². The second kappa shape index (κ2) is 4.12. The Hall–Kier alpha value is -0.570. The lowest BCUT2D eigenvalue weighted by Gasteiger charge is -2.38. The molecule has 0 aromatic carbocycles. The van der Waals surface area contributed by atoms with Gasteiger partial charge in [0.25, 0.3) is 0 Å². The summed E-state index contributed by atoms with van der Waals surface area (Å²) in [5.41, 5.74) is 0. The molecule has 3 unspecified atom stereocenters. The first-order chi connectivity index (χ1) is 7.13. The zero-order valence-electron chi connectivity index (χ0n) is 9.90. The van der Waals surface area contributed by atoms with Crippen LogP contribution in [0.5, 0.6) is 0 Å². The molecule has 0 saturated carbocycles. The molecule has 0 N–H and O–H groups in total. The van der Waals surface area contributed by atoms with E-state index in [0.717, 1.165) is 0 Å². The topological polar surface area (TPSA) is 29.5 Å². The lowest BCUT2D eigenvalue weighted by Crippen LogP contribution is -2.42. The Morgan fingerprint density at radius 1 is 1.33 bits per heavy atom. The van der Waals surface area contributed by atoms with Gasteiger partial charge in [-0.25, -0.2) is 0 Å². The van der Waals surface area contributed by atoms with Crippen LogP contribution in [0.1, 0.15) is 32.6 Å². The highest BCUT2D eigenvalue weighted by Gasteiger charge is 2.41. The van der Waals surface area contributed by atoms with Crippen LogP contribution >= 0.6 is 0 Å². The molecule has 3 heteroatoms. The van der Waals surface area contributed by atoms with E-state index in [1.54, 1.807) is 0 Å². The van der Waals surface area contributed by atoms with Crippen LogP contribution in [0.25, 0.3) is 0 Å². The summed E-state index contributed by atoms with van der Waals surface area (Å²) in [6.45, 7) is 2.02. The van der Waals surface area contributed by atoms with Crippen molar-refractivity contribution < 1.29 is 9.53 Å². The number of ether oxygens (including phenoxy) is 1. The molecular weight excluding hydrogens is 190 g/mol. The Labute approximate surface area is 91.8 Å². The van der Waals surface area contributed by atoms with Crippen LogP contribution in [0.2, 0.25) is 0 Å². The number of nitrogens with zero attached hydrogens (tertiary/aromatic N) is 1. The molecule has 0 radical (unpaired) electrons. The van der Waals surface area contributed by atoms with Crippen molar-refractivity contribution in [1.82, 2.24) is 4.90 Å². The third-order valence-electron chi connectivity index (χ3n) is 4.41. The van der Waals surface area contributed by atoms with Gasteiger partial charge in [0.2, 0.25) is 0 Å². The Morgan fingerprint density at radius 3 is 2.33 bits per heavy atom. The third-order valence-corrected chi connectivity index (χ3v) is 4.41. The fourth-order valence-corrected chi connectivity index (χ4v) is 3.24. The Bertz CT molecular complexity index is 240. The van der Waals surface area contributed by atoms with Crippen LogP contribution in [0.4, 0.5) is 0 Å². The number of fused-ring (bicyclic) bond motifs is 2. The predicted molar refractivity (Wildman–Crippen MR) is 58.5 cm³/mol. The number of esters is 1. The van der Waals surface area contributed by atoms with E-state index in [0.29, 0.717) is 18.0 Å². The molecule has 0 aromatic rings. The molecule has 0 amide bonds. The number of carbonyl (C=O) groups is 1. The zero-order chi connectivity index (χ0) is 11.0. The molecule has 2 bridgehead atoms. The molecule has 0 aromatic heterocycles. The van der Waals surface area contributed by atoms with Crippen LogP contribution in [0.15, 0.2) is 0 Å². The SMILES string of the molecule is COC(=O)C(C)C1CC2CCC(C1)N2C. The molecule has 0 spiro atoms. The third kappa shape index (κ3) is 1.89. The van der Waals surface area contributed by atoms with E-state index in [4.69, 9.17) is 4.74 Å². The maximum Gasteiger partial charge on any atom is 0.308 e. The van der Waals surface area contributed by atoms with E-state index in [1.165, 1.54) is 32.8 Å². The number of rotatable bonds is 2. The molecule has 2 aliphatic rings. The van der Waals surface area contributed by atoms with E-state index >= 15 is 0 Å². The average molecular weight is 211 g/mol. The maximum absolute atomic E-state index is 11.5. The summed E-state index contributed by atoms with van der Waals surface area (Å²) >= 11 is 0. The molecule has 2 fully saturated rings. The molecule has 3 nitrogen and oxygen atoms in total. The molecule has 2 rings (SSSR count). The van der Waals surface area contributed by atoms with E-state index in [2.05, 4.69) is 11.9 Å². The average Bonchev–Trinajstić information content (AvgIpc) is 2.50. The van der Waals surface area contributed by atoms with Crippen LogP contribution in [-0.4, -0.2) is 37.1 Å². The number of carbonyl (C=O) groups excluding carboxylic acids is 1. The highest BCUT2D eigenvalue weighted by atomic mass is 16.5. The van der Waals surface area contributed by atoms with Crippen molar-refractivity contribution in [2.24, 2.45) is 11.8 Å². The van der Waals surface area contributed by atoms with Gasteiger partial charge in [-0.1, -0.05) is 6.92 Å². The summed E-state index contributed by atoms with van der Waals surface area (Å²) in [4.78, 5) is 14.0. The predicted octanol–water partition coefficient (Wildman–Crippen LogP) is 1.67. The molecular formula is C12H21NO2. The Kier molecular flexibility index (Phi) is 3.01. The molecule has 2 aliphatic heterocycles. The summed E-state index contributed by atoms with van der Waals surface area (Å²) in [5.74, 6) is 0.571. The van der Waals surface area contributed by atoms with Gasteiger partial charge >= 0.3 is 5.97 Å². The molecule has 15 heavy (non-hydrogen) atoms. The minimum atomic E-state index is -0.0380. The van der Waals surface area contributed by atoms with Crippen molar-refractivity contribution in [2.75, 3.05) is 14.2 Å². The summed E-state index contributed by atoms with van der Waals surface area (Å²) in [6, 6.07) is 1.42. The largest absolute Gasteiger partial charge is 0.469 e. The molecule has 2 heterocycles. The van der Waals surface area contributed by atoms with Crippen molar-refractivity contribution in [2.45, 2.75) is 44.7 Å². The van der Waals surface area contributed by atoms with Crippen molar-refractivity contribution >= 4 is 5.97 Å². The van der Waals surface area contributed by atoms with Crippen LogP contribution in [-0.2, 0) is 9.53 Å². The fourth-order valence-electron chi connectivity index (χ4n) is 3.24. The van der Waals surface area contributed by atoms with Gasteiger partial charge in [-0.15, -0.1) is 0 Å². The summed E-state index contributed by atoms with van der Waals surface area (Å²) in [5, 5.41) is 0. The number of hydrogen-bond acceptors (Lipinski definition) is 3. The second-order valence-corrected chi connectivity index (χ2v) is 5.09. The molecule has 0 aliphatic carbocycles. The van der Waals surface area contributed by atoms with Crippen LogP contribution in [0, 0.1) is 11.8 Å². The zero-order valence-corrected chi connectivity index (χ0v) is 9.90. The lowest BCUT2D eigenvalue weighted by atomic mass is 9.82. The maximum atomic E-state index is 11.5. The standard InChI is InChI=1S/C12H21NO2/c1-8(12(14)15-3)9-6-10-4-5-11(7-9)13(10)2/h8-11H,4-7H2,1-3H3. The summed E-state index contributed by atoms with van der Waals surface area (Å²) in [6.07, 6.45) is 4.96. The highest BCUT2D eigenvalue weighted by molar-refractivity contribution is 5.72. The first-order valence-electron chi connectivity index (χ1n) is 5.93. The van der Waals surface area contributed by atoms with Gasteiger partial charge in [-0.2, -0.15) is 0 Å². The normalized spacial score (nSPS) is 37.7. The monoisotopic (exact) mass is 211 g/mol. The molecule has 2 saturated heterocycles. The fraction of sp³-hybridized carbons (Fsp3) is 0.917. The van der Waals surface area contributed by atoms with Crippen LogP contribution in [0.3, 0.4) is 0 Å². The summed E-state index contributed by atoms with van der Waals surface area (Å²) in [7, 11) is 3.71. The number of piperidine rings is 1. The van der Waals surface area contributed by atoms with Gasteiger partial charge in [0.1, 0.15) is 0 Å². The van der Waals surface area contributed by atoms with Gasteiger partial charge in [0.05, 0.1) is 13.0 Å². The highest BCUT2D eigenvalue weighted by Crippen LogP contribution is 2.40.